The summed E-state index contributed by atoms with van der Waals surface area (Å²) in [5.74, 6) is 10.6. The number of thioether (sulfide) groups is 3. The SMILES string of the molecule is CCCCCCCCCCSC[C@H]1CC[N+]2=C(N1)N[C@@H](CSC[C@H]1CC[N+]3=C(N[C@@H](CSC[C@H]4CC[N+]5=C(N[C@@H](COS(C)(=O)=O)CC5)N4)CC3)N1)CC2. The fraction of sp³-hybridized carbons (Fsp3) is 0.921. The molecule has 0 amide bonds. The number of rotatable bonds is 22. The summed E-state index contributed by atoms with van der Waals surface area (Å²) in [7, 11) is -3.43. The van der Waals surface area contributed by atoms with Crippen molar-refractivity contribution in [3.05, 3.63) is 0 Å². The molecule has 0 aromatic heterocycles. The van der Waals surface area contributed by atoms with Crippen LogP contribution in [-0.4, -0.2) is 163 Å². The molecular formula is C38H72N9O3S4+3. The first-order chi connectivity index (χ1) is 26.3. The monoisotopic (exact) mass is 830 g/mol. The predicted octanol–water partition coefficient (Wildman–Crippen LogP) is 2.58. The lowest BCUT2D eigenvalue weighted by molar-refractivity contribution is -0.542. The van der Waals surface area contributed by atoms with Gasteiger partial charge >= 0.3 is 17.9 Å². The number of nitrogens with zero attached hydrogens (tertiary/aromatic N) is 3. The van der Waals surface area contributed by atoms with Gasteiger partial charge in [0.15, 0.2) is 0 Å². The molecule has 6 heterocycles. The number of guanidine groups is 3. The van der Waals surface area contributed by atoms with E-state index in [1.165, 1.54) is 114 Å². The molecule has 6 aliphatic rings. The molecule has 0 bridgehead atoms. The lowest BCUT2D eigenvalue weighted by Crippen LogP contribution is -2.61. The molecule has 16 heteroatoms. The number of hydrogen-bond acceptors (Lipinski definition) is 12. The summed E-state index contributed by atoms with van der Waals surface area (Å²) in [6, 6.07) is 2.57. The van der Waals surface area contributed by atoms with Gasteiger partial charge in [-0.1, -0.05) is 51.9 Å². The van der Waals surface area contributed by atoms with Crippen molar-refractivity contribution in [2.75, 3.05) is 86.6 Å². The topological polar surface area (TPSA) is 125 Å². The number of unbranched alkanes of at least 4 members (excludes halogenated alkanes) is 7. The minimum absolute atomic E-state index is 0.0143. The van der Waals surface area contributed by atoms with Crippen molar-refractivity contribution < 1.29 is 26.3 Å². The van der Waals surface area contributed by atoms with Gasteiger partial charge in [0.25, 0.3) is 10.1 Å². The van der Waals surface area contributed by atoms with Gasteiger partial charge in [-0.3, -0.25) is 49.8 Å². The van der Waals surface area contributed by atoms with Crippen LogP contribution in [0, 0.1) is 0 Å². The molecule has 54 heavy (non-hydrogen) atoms. The van der Waals surface area contributed by atoms with Crippen molar-refractivity contribution in [2.45, 2.75) is 133 Å². The first kappa shape index (κ1) is 42.4. The van der Waals surface area contributed by atoms with Crippen LogP contribution in [0.25, 0.3) is 0 Å². The minimum Gasteiger partial charge on any atom is -0.274 e. The molecule has 0 spiro atoms. The molecule has 0 saturated heterocycles. The summed E-state index contributed by atoms with van der Waals surface area (Å²) >= 11 is 6.30. The van der Waals surface area contributed by atoms with Crippen molar-refractivity contribution >= 4 is 63.3 Å². The van der Waals surface area contributed by atoms with Crippen LogP contribution in [0.2, 0.25) is 0 Å². The molecular weight excluding hydrogens is 759 g/mol. The van der Waals surface area contributed by atoms with E-state index >= 15 is 0 Å². The Morgan fingerprint density at radius 3 is 1.24 bits per heavy atom. The zero-order valence-corrected chi connectivity index (χ0v) is 36.5. The molecule has 0 radical (unpaired) electrons. The van der Waals surface area contributed by atoms with Gasteiger partial charge < -0.3 is 0 Å². The minimum atomic E-state index is -3.43. The third kappa shape index (κ3) is 14.0. The highest BCUT2D eigenvalue weighted by atomic mass is 32.2. The van der Waals surface area contributed by atoms with Crippen LogP contribution in [0.15, 0.2) is 0 Å². The zero-order chi connectivity index (χ0) is 37.6. The van der Waals surface area contributed by atoms with Crippen LogP contribution in [0.3, 0.4) is 0 Å². The molecule has 0 unspecified atom stereocenters. The summed E-state index contributed by atoms with van der Waals surface area (Å²) in [6.07, 6.45) is 19.2. The fourth-order valence-electron chi connectivity index (χ4n) is 8.37. The number of hydrogen-bond donors (Lipinski definition) is 6. The molecule has 0 aliphatic carbocycles. The Morgan fingerprint density at radius 1 is 0.519 bits per heavy atom. The second-order valence-electron chi connectivity index (χ2n) is 16.4. The van der Waals surface area contributed by atoms with Crippen LogP contribution in [0.5, 0.6) is 0 Å². The van der Waals surface area contributed by atoms with E-state index in [1.807, 2.05) is 11.8 Å². The van der Waals surface area contributed by atoms with E-state index in [0.717, 1.165) is 74.2 Å². The van der Waals surface area contributed by atoms with Crippen LogP contribution in [0.1, 0.15) is 96.8 Å². The van der Waals surface area contributed by atoms with Gasteiger partial charge in [-0.05, 0) is 12.2 Å². The highest BCUT2D eigenvalue weighted by molar-refractivity contribution is 7.99. The lowest BCUT2D eigenvalue weighted by Gasteiger charge is -2.33. The van der Waals surface area contributed by atoms with Crippen LogP contribution in [0.4, 0.5) is 0 Å². The van der Waals surface area contributed by atoms with Crippen molar-refractivity contribution in [2.24, 2.45) is 0 Å². The van der Waals surface area contributed by atoms with Gasteiger partial charge in [-0.15, -0.1) is 0 Å². The largest absolute Gasteiger partial charge is 0.346 e. The maximum atomic E-state index is 11.4. The van der Waals surface area contributed by atoms with Crippen molar-refractivity contribution in [1.82, 2.24) is 31.9 Å². The third-order valence-electron chi connectivity index (χ3n) is 11.7. The summed E-state index contributed by atoms with van der Waals surface area (Å²) in [5, 5.41) is 22.7. The molecule has 0 saturated carbocycles. The second kappa shape index (κ2) is 22.1. The standard InChI is InChI=1S/C38H69N9O3S4/c1-3-4-5-6-7-8-9-10-23-51-25-31-12-18-46-20-14-33(42-37(46)40-31)27-53-29-35-16-22-47-21-15-34(43-38(47)44-35)28-52-26-32-13-19-45-17-11-30(39-36(45)41-32)24-50-54(2,48)49/h30-35H,3-29H2,1-2H3,(H3,39,40,41,42,43,44)/p+3/t30-,31-,32-,33-,34-,35-/m1/s1. The molecule has 6 aliphatic heterocycles. The maximum Gasteiger partial charge on any atom is 0.346 e. The Bertz CT molecular complexity index is 1400. The zero-order valence-electron chi connectivity index (χ0n) is 33.3. The van der Waals surface area contributed by atoms with E-state index < -0.39 is 10.1 Å². The van der Waals surface area contributed by atoms with Crippen LogP contribution >= 0.6 is 35.3 Å². The van der Waals surface area contributed by atoms with E-state index in [2.05, 4.69) is 76.1 Å². The predicted molar refractivity (Wildman–Crippen MR) is 230 cm³/mol. The highest BCUT2D eigenvalue weighted by Crippen LogP contribution is 2.19. The quantitative estimate of drug-likeness (QED) is 0.0547. The Labute approximate surface area is 339 Å². The Balaban J connectivity index is 0.819. The Kier molecular flexibility index (Phi) is 17.3. The Morgan fingerprint density at radius 2 is 0.852 bits per heavy atom. The number of nitrogens with one attached hydrogen (secondary N) is 6. The third-order valence-corrected chi connectivity index (χ3v) is 16.0. The van der Waals surface area contributed by atoms with Gasteiger partial charge in [-0.25, -0.2) is 0 Å². The van der Waals surface area contributed by atoms with Crippen molar-refractivity contribution in [3.8, 4) is 0 Å². The highest BCUT2D eigenvalue weighted by Gasteiger charge is 2.36. The smallest absolute Gasteiger partial charge is 0.274 e. The van der Waals surface area contributed by atoms with E-state index in [0.29, 0.717) is 30.2 Å². The van der Waals surface area contributed by atoms with Crippen LogP contribution in [-0.2, 0) is 14.3 Å². The maximum absolute atomic E-state index is 11.4. The van der Waals surface area contributed by atoms with Crippen molar-refractivity contribution in [3.63, 3.8) is 0 Å². The first-order valence-electron chi connectivity index (χ1n) is 21.3. The van der Waals surface area contributed by atoms with Gasteiger partial charge in [0.2, 0.25) is 0 Å². The average Bonchev–Trinajstić information content (AvgIpc) is 3.17. The molecule has 12 nitrogen and oxygen atoms in total. The molecule has 6 atom stereocenters. The van der Waals surface area contributed by atoms with Crippen LogP contribution < -0.4 is 31.9 Å². The van der Waals surface area contributed by atoms with E-state index in [1.54, 1.807) is 0 Å². The molecule has 0 aromatic carbocycles. The first-order valence-corrected chi connectivity index (χ1v) is 26.6. The molecule has 6 N–H and O–H groups in total. The van der Waals surface area contributed by atoms with E-state index in [-0.39, 0.29) is 12.6 Å². The van der Waals surface area contributed by atoms with Gasteiger partial charge in [0, 0.05) is 67.3 Å². The Hall–Kier alpha value is -1.23. The summed E-state index contributed by atoms with van der Waals surface area (Å²) < 4.78 is 35.4. The van der Waals surface area contributed by atoms with Gasteiger partial charge in [-0.2, -0.15) is 43.7 Å². The normalized spacial score (nSPS) is 28.4. The molecule has 6 rings (SSSR count). The van der Waals surface area contributed by atoms with Gasteiger partial charge in [0.05, 0.1) is 82.3 Å². The van der Waals surface area contributed by atoms with Gasteiger partial charge in [0.1, 0.15) is 6.04 Å². The van der Waals surface area contributed by atoms with E-state index in [4.69, 9.17) is 4.18 Å². The van der Waals surface area contributed by atoms with Crippen molar-refractivity contribution in [1.29, 1.82) is 0 Å². The summed E-state index contributed by atoms with van der Waals surface area (Å²) in [4.78, 5) is 0. The summed E-state index contributed by atoms with van der Waals surface area (Å²) in [5.41, 5.74) is 0. The molecule has 0 fully saturated rings. The van der Waals surface area contributed by atoms with E-state index in [9.17, 15) is 8.42 Å². The average molecular weight is 831 g/mol. The fourth-order valence-corrected chi connectivity index (χ4v) is 12.3. The summed E-state index contributed by atoms with van der Waals surface area (Å²) in [6.45, 7) is 9.06. The molecule has 308 valence electrons. The second-order valence-corrected chi connectivity index (χ2v) is 21.3. The molecule has 0 aromatic rings. The lowest BCUT2D eigenvalue weighted by atomic mass is 10.1.